The Morgan fingerprint density at radius 1 is 1.15 bits per heavy atom. The number of nitriles is 1. The molecule has 0 aliphatic heterocycles. The van der Waals surface area contributed by atoms with Gasteiger partial charge in [0.2, 0.25) is 11.3 Å². The van der Waals surface area contributed by atoms with E-state index in [9.17, 15) is 10.1 Å². The zero-order valence-electron chi connectivity index (χ0n) is 11.2. The second-order valence-electron chi connectivity index (χ2n) is 4.78. The second kappa shape index (κ2) is 4.39. The molecule has 0 radical (unpaired) electrons. The smallest absolute Gasteiger partial charge is 0.217 e. The van der Waals surface area contributed by atoms with Crippen LogP contribution in [0.2, 0.25) is 0 Å². The van der Waals surface area contributed by atoms with Gasteiger partial charge in [-0.05, 0) is 16.8 Å². The highest BCUT2D eigenvalue weighted by molar-refractivity contribution is 6.06. The highest BCUT2D eigenvalue weighted by Gasteiger charge is 2.17. The molecule has 0 saturated carbocycles. The fourth-order valence-corrected chi connectivity index (χ4v) is 2.36. The van der Waals surface area contributed by atoms with E-state index >= 15 is 0 Å². The molecule has 0 unspecified atom stereocenters. The molecule has 20 heavy (non-hydrogen) atoms. The van der Waals surface area contributed by atoms with Gasteiger partial charge < -0.3 is 9.32 Å². The molecular weight excluding hydrogens is 252 g/mol. The van der Waals surface area contributed by atoms with E-state index in [1.54, 1.807) is 25.1 Å². The van der Waals surface area contributed by atoms with Crippen molar-refractivity contribution in [2.24, 2.45) is 0 Å². The summed E-state index contributed by atoms with van der Waals surface area (Å²) >= 11 is 0. The third-order valence-corrected chi connectivity index (χ3v) is 3.28. The number of hydrogen-bond acceptors (Lipinski definition) is 4. The van der Waals surface area contributed by atoms with E-state index in [1.807, 2.05) is 36.4 Å². The minimum Gasteiger partial charge on any atom is -0.439 e. The van der Waals surface area contributed by atoms with Crippen LogP contribution in [-0.4, -0.2) is 14.1 Å². The number of rotatable bonds is 1. The molecule has 0 atom stereocenters. The highest BCUT2D eigenvalue weighted by atomic mass is 16.4. The van der Waals surface area contributed by atoms with Gasteiger partial charge in [-0.3, -0.25) is 4.79 Å². The second-order valence-corrected chi connectivity index (χ2v) is 4.78. The number of hydrogen-bond donors (Lipinski definition) is 0. The minimum absolute atomic E-state index is 0.0406. The molecule has 1 heterocycles. The summed E-state index contributed by atoms with van der Waals surface area (Å²) in [5, 5.41) is 11.5. The zero-order valence-corrected chi connectivity index (χ0v) is 11.2. The molecule has 4 nitrogen and oxygen atoms in total. The quantitative estimate of drug-likeness (QED) is 0.634. The first kappa shape index (κ1) is 12.2. The average molecular weight is 264 g/mol. The normalized spacial score (nSPS) is 10.7. The van der Waals surface area contributed by atoms with Crippen molar-refractivity contribution in [3.05, 3.63) is 52.2 Å². The predicted molar refractivity (Wildman–Crippen MR) is 79.0 cm³/mol. The van der Waals surface area contributed by atoms with Gasteiger partial charge in [-0.25, -0.2) is 0 Å². The fourth-order valence-electron chi connectivity index (χ4n) is 2.36. The molecule has 4 heteroatoms. The molecule has 98 valence electrons. The molecule has 0 saturated heterocycles. The topological polar surface area (TPSA) is 57.2 Å². The van der Waals surface area contributed by atoms with Gasteiger partial charge in [0.1, 0.15) is 11.7 Å². The summed E-state index contributed by atoms with van der Waals surface area (Å²) in [5.74, 6) is 0.292. The largest absolute Gasteiger partial charge is 0.439 e. The van der Waals surface area contributed by atoms with Gasteiger partial charge in [0.25, 0.3) is 0 Å². The maximum absolute atomic E-state index is 12.6. The van der Waals surface area contributed by atoms with Gasteiger partial charge in [0.05, 0.1) is 5.39 Å². The van der Waals surface area contributed by atoms with Crippen LogP contribution in [-0.2, 0) is 0 Å². The Bertz CT molecular complexity index is 917. The van der Waals surface area contributed by atoms with E-state index in [4.69, 9.17) is 4.42 Å². The summed E-state index contributed by atoms with van der Waals surface area (Å²) in [6.07, 6.45) is 0. The lowest BCUT2D eigenvalue weighted by molar-refractivity contribution is 0.596. The van der Waals surface area contributed by atoms with E-state index in [1.165, 1.54) is 0 Å². The van der Waals surface area contributed by atoms with Crippen LogP contribution in [0.15, 0.2) is 45.6 Å². The maximum Gasteiger partial charge on any atom is 0.217 e. The zero-order chi connectivity index (χ0) is 14.3. The maximum atomic E-state index is 12.6. The third-order valence-electron chi connectivity index (χ3n) is 3.28. The van der Waals surface area contributed by atoms with Gasteiger partial charge in [0, 0.05) is 14.1 Å². The fraction of sp³-hybridized carbons (Fsp3) is 0.125. The average Bonchev–Trinajstić information content (AvgIpc) is 2.46. The van der Waals surface area contributed by atoms with Crippen LogP contribution in [0.1, 0.15) is 5.56 Å². The molecule has 3 aromatic rings. The summed E-state index contributed by atoms with van der Waals surface area (Å²) in [7, 11) is 3.48. The van der Waals surface area contributed by atoms with E-state index < -0.39 is 0 Å². The van der Waals surface area contributed by atoms with Crippen molar-refractivity contribution >= 4 is 27.6 Å². The van der Waals surface area contributed by atoms with Crippen molar-refractivity contribution in [2.75, 3.05) is 19.0 Å². The molecular formula is C16H12N2O2. The van der Waals surface area contributed by atoms with Crippen LogP contribution >= 0.6 is 0 Å². The summed E-state index contributed by atoms with van der Waals surface area (Å²) in [5.41, 5.74) is 0.254. The predicted octanol–water partition coefficient (Wildman–Crippen LogP) is 2.88. The first-order valence-corrected chi connectivity index (χ1v) is 6.19. The standard InChI is InChI=1S/C16H12N2O2/c1-18(2)16-12(9-17)15(19)14-11-6-4-3-5-10(11)7-8-13(14)20-16/h3-8H,1-2H3. The Morgan fingerprint density at radius 3 is 2.60 bits per heavy atom. The molecule has 0 fully saturated rings. The van der Waals surface area contributed by atoms with Crippen molar-refractivity contribution in [3.8, 4) is 6.07 Å². The SMILES string of the molecule is CN(C)c1oc2ccc3ccccc3c2c(=O)c1C#N. The van der Waals surface area contributed by atoms with Crippen molar-refractivity contribution in [1.29, 1.82) is 5.26 Å². The van der Waals surface area contributed by atoms with Gasteiger partial charge in [-0.15, -0.1) is 0 Å². The number of nitrogens with zero attached hydrogens (tertiary/aromatic N) is 2. The van der Waals surface area contributed by atoms with E-state index in [2.05, 4.69) is 0 Å². The van der Waals surface area contributed by atoms with Crippen LogP contribution in [0.3, 0.4) is 0 Å². The van der Waals surface area contributed by atoms with Gasteiger partial charge in [0.15, 0.2) is 5.56 Å². The first-order chi connectivity index (χ1) is 9.63. The van der Waals surface area contributed by atoms with Crippen molar-refractivity contribution in [3.63, 3.8) is 0 Å². The molecule has 0 spiro atoms. The van der Waals surface area contributed by atoms with E-state index in [-0.39, 0.29) is 11.0 Å². The van der Waals surface area contributed by atoms with E-state index in [0.29, 0.717) is 16.9 Å². The number of benzene rings is 2. The molecule has 0 aliphatic carbocycles. The van der Waals surface area contributed by atoms with Gasteiger partial charge >= 0.3 is 0 Å². The lowest BCUT2D eigenvalue weighted by atomic mass is 10.0. The summed E-state index contributed by atoms with van der Waals surface area (Å²) in [6.45, 7) is 0. The third kappa shape index (κ3) is 1.64. The Balaban J connectivity index is 2.58. The monoisotopic (exact) mass is 264 g/mol. The Labute approximate surface area is 115 Å². The van der Waals surface area contributed by atoms with Crippen molar-refractivity contribution in [1.82, 2.24) is 0 Å². The van der Waals surface area contributed by atoms with Crippen molar-refractivity contribution < 1.29 is 4.42 Å². The molecule has 2 aromatic carbocycles. The van der Waals surface area contributed by atoms with Crippen LogP contribution in [0.4, 0.5) is 5.88 Å². The lowest BCUT2D eigenvalue weighted by Crippen LogP contribution is -2.17. The lowest BCUT2D eigenvalue weighted by Gasteiger charge is -2.13. The Hall–Kier alpha value is -2.80. The summed E-state index contributed by atoms with van der Waals surface area (Å²) < 4.78 is 5.74. The molecule has 1 aromatic heterocycles. The number of fused-ring (bicyclic) bond motifs is 3. The van der Waals surface area contributed by atoms with Crippen LogP contribution in [0.25, 0.3) is 21.7 Å². The highest BCUT2D eigenvalue weighted by Crippen LogP contribution is 2.27. The first-order valence-electron chi connectivity index (χ1n) is 6.19. The Morgan fingerprint density at radius 2 is 1.90 bits per heavy atom. The molecule has 0 amide bonds. The Kier molecular flexibility index (Phi) is 2.69. The van der Waals surface area contributed by atoms with Crippen molar-refractivity contribution in [2.45, 2.75) is 0 Å². The minimum atomic E-state index is -0.283. The van der Waals surface area contributed by atoms with E-state index in [0.717, 1.165) is 10.8 Å². The molecule has 0 aliphatic rings. The number of anilines is 1. The molecule has 3 rings (SSSR count). The molecule has 0 bridgehead atoms. The van der Waals surface area contributed by atoms with Crippen LogP contribution in [0.5, 0.6) is 0 Å². The van der Waals surface area contributed by atoms with Gasteiger partial charge in [-0.2, -0.15) is 5.26 Å². The summed E-state index contributed by atoms with van der Waals surface area (Å²) in [6, 6.07) is 13.2. The van der Waals surface area contributed by atoms with Crippen LogP contribution in [0, 0.1) is 11.3 Å². The van der Waals surface area contributed by atoms with Crippen LogP contribution < -0.4 is 10.3 Å². The summed E-state index contributed by atoms with van der Waals surface area (Å²) in [4.78, 5) is 14.2. The van der Waals surface area contributed by atoms with Gasteiger partial charge in [-0.1, -0.05) is 30.3 Å². The molecule has 0 N–H and O–H groups in total.